The molecular weight excluding hydrogens is 243 g/mol. The van der Waals surface area contributed by atoms with Crippen molar-refractivity contribution in [2.45, 2.75) is 39.2 Å². The summed E-state index contributed by atoms with van der Waals surface area (Å²) in [6, 6.07) is 0. The first-order chi connectivity index (χ1) is 7.79. The lowest BCUT2D eigenvalue weighted by Crippen LogP contribution is -2.41. The number of cyclic esters (lactones) is 1. The van der Waals surface area contributed by atoms with Crippen LogP contribution in [-0.2, 0) is 23.6 Å². The van der Waals surface area contributed by atoms with Crippen LogP contribution in [0.5, 0.6) is 0 Å². The first kappa shape index (κ1) is 14.4. The molecule has 98 valence electrons. The summed E-state index contributed by atoms with van der Waals surface area (Å²) in [5, 5.41) is 0. The summed E-state index contributed by atoms with van der Waals surface area (Å²) in [4.78, 5) is 22.8. The standard InChI is InChI=1S/C11H19O5P/c1-10(2,3)9(13)14-6-11(7-15-17)5-4-8(12)16-11/h4-7,17H2,1-3H3. The maximum Gasteiger partial charge on any atom is 0.311 e. The molecule has 0 saturated carbocycles. The molecule has 1 rings (SSSR count). The fraction of sp³-hybridized carbons (Fsp3) is 0.818. The van der Waals surface area contributed by atoms with Crippen molar-refractivity contribution in [3.63, 3.8) is 0 Å². The van der Waals surface area contributed by atoms with E-state index in [0.29, 0.717) is 12.8 Å². The van der Waals surface area contributed by atoms with Crippen molar-refractivity contribution in [2.24, 2.45) is 5.41 Å². The third-order valence-corrected chi connectivity index (χ3v) is 2.71. The van der Waals surface area contributed by atoms with Gasteiger partial charge in [0, 0.05) is 22.3 Å². The molecule has 1 aliphatic rings. The van der Waals surface area contributed by atoms with Crippen molar-refractivity contribution in [1.29, 1.82) is 0 Å². The van der Waals surface area contributed by atoms with Crippen LogP contribution in [0.4, 0.5) is 0 Å². The minimum absolute atomic E-state index is 0.0449. The van der Waals surface area contributed by atoms with E-state index in [1.165, 1.54) is 0 Å². The minimum Gasteiger partial charge on any atom is -0.461 e. The Hall–Kier alpha value is -0.670. The second kappa shape index (κ2) is 5.32. The predicted molar refractivity (Wildman–Crippen MR) is 64.1 cm³/mol. The topological polar surface area (TPSA) is 61.8 Å². The smallest absolute Gasteiger partial charge is 0.311 e. The molecule has 6 heteroatoms. The molecule has 0 aromatic heterocycles. The quantitative estimate of drug-likeness (QED) is 0.567. The first-order valence-corrected chi connectivity index (χ1v) is 5.97. The zero-order valence-corrected chi connectivity index (χ0v) is 11.6. The summed E-state index contributed by atoms with van der Waals surface area (Å²) in [6.07, 6.45) is 0.846. The second-order valence-corrected chi connectivity index (χ2v) is 5.63. The summed E-state index contributed by atoms with van der Waals surface area (Å²) in [6.45, 7) is 5.57. The third kappa shape index (κ3) is 3.93. The third-order valence-electron chi connectivity index (χ3n) is 2.54. The van der Waals surface area contributed by atoms with Crippen LogP contribution in [0.25, 0.3) is 0 Å². The van der Waals surface area contributed by atoms with E-state index in [9.17, 15) is 9.59 Å². The van der Waals surface area contributed by atoms with E-state index >= 15 is 0 Å². The highest BCUT2D eigenvalue weighted by Gasteiger charge is 2.42. The average Bonchev–Trinajstić information content (AvgIpc) is 2.56. The van der Waals surface area contributed by atoms with Crippen molar-refractivity contribution < 1.29 is 23.6 Å². The highest BCUT2D eigenvalue weighted by atomic mass is 31.0. The van der Waals surface area contributed by atoms with Crippen LogP contribution in [0.3, 0.4) is 0 Å². The molecule has 0 bridgehead atoms. The van der Waals surface area contributed by atoms with Crippen LogP contribution in [0.15, 0.2) is 0 Å². The van der Waals surface area contributed by atoms with Crippen LogP contribution in [0.2, 0.25) is 0 Å². The van der Waals surface area contributed by atoms with Gasteiger partial charge < -0.3 is 14.0 Å². The van der Waals surface area contributed by atoms with Gasteiger partial charge >= 0.3 is 11.9 Å². The zero-order chi connectivity index (χ0) is 13.1. The number of carbonyl (C=O) groups is 2. The Balaban J connectivity index is 2.57. The van der Waals surface area contributed by atoms with Crippen molar-refractivity contribution in [3.05, 3.63) is 0 Å². The first-order valence-electron chi connectivity index (χ1n) is 5.50. The van der Waals surface area contributed by atoms with Crippen molar-refractivity contribution in [3.8, 4) is 0 Å². The fourth-order valence-corrected chi connectivity index (χ4v) is 1.79. The summed E-state index contributed by atoms with van der Waals surface area (Å²) < 4.78 is 15.3. The van der Waals surface area contributed by atoms with E-state index in [1.54, 1.807) is 20.8 Å². The molecule has 1 aliphatic heterocycles. The SMILES string of the molecule is CC(C)(C)C(=O)OCC1(COP)CCC(=O)O1. The van der Waals surface area contributed by atoms with Crippen LogP contribution < -0.4 is 0 Å². The van der Waals surface area contributed by atoms with Gasteiger partial charge in [-0.15, -0.1) is 0 Å². The summed E-state index contributed by atoms with van der Waals surface area (Å²) in [5.41, 5.74) is -1.38. The second-order valence-electron chi connectivity index (χ2n) is 5.29. The van der Waals surface area contributed by atoms with E-state index in [0.717, 1.165) is 0 Å². The van der Waals surface area contributed by atoms with Crippen LogP contribution in [0, 0.1) is 5.41 Å². The number of hydrogen-bond donors (Lipinski definition) is 0. The Kier molecular flexibility index (Phi) is 4.50. The molecule has 0 N–H and O–H groups in total. The lowest BCUT2D eigenvalue weighted by Gasteiger charge is -2.27. The number of rotatable bonds is 4. The van der Waals surface area contributed by atoms with Crippen LogP contribution in [0.1, 0.15) is 33.6 Å². The van der Waals surface area contributed by atoms with Gasteiger partial charge in [0.1, 0.15) is 6.61 Å². The summed E-state index contributed by atoms with van der Waals surface area (Å²) >= 11 is 0. The van der Waals surface area contributed by atoms with Gasteiger partial charge in [-0.1, -0.05) is 0 Å². The molecule has 0 aromatic rings. The zero-order valence-electron chi connectivity index (χ0n) is 10.4. The van der Waals surface area contributed by atoms with E-state index < -0.39 is 11.0 Å². The molecule has 5 nitrogen and oxygen atoms in total. The molecule has 1 saturated heterocycles. The molecule has 0 spiro atoms. The number of esters is 2. The molecule has 0 radical (unpaired) electrons. The highest BCUT2D eigenvalue weighted by molar-refractivity contribution is 7.09. The Labute approximate surface area is 103 Å². The lowest BCUT2D eigenvalue weighted by atomic mass is 9.97. The molecular formula is C11H19O5P. The maximum absolute atomic E-state index is 11.6. The summed E-state index contributed by atoms with van der Waals surface area (Å²) in [5.74, 6) is -0.595. The number of ether oxygens (including phenoxy) is 2. The maximum atomic E-state index is 11.6. The number of carbonyl (C=O) groups excluding carboxylic acids is 2. The Bertz CT molecular complexity index is 309. The fourth-order valence-electron chi connectivity index (χ4n) is 1.48. The van der Waals surface area contributed by atoms with Crippen molar-refractivity contribution in [1.82, 2.24) is 0 Å². The molecule has 0 aliphatic carbocycles. The molecule has 0 aromatic carbocycles. The van der Waals surface area contributed by atoms with Crippen LogP contribution in [-0.4, -0.2) is 30.8 Å². The molecule has 1 fully saturated rings. The normalized spacial score (nSPS) is 24.6. The Morgan fingerprint density at radius 3 is 2.53 bits per heavy atom. The van der Waals surface area contributed by atoms with Crippen molar-refractivity contribution >= 4 is 21.4 Å². The van der Waals surface area contributed by atoms with Gasteiger partial charge in [0.15, 0.2) is 5.60 Å². The van der Waals surface area contributed by atoms with E-state index in [1.807, 2.05) is 0 Å². The van der Waals surface area contributed by atoms with Crippen molar-refractivity contribution in [2.75, 3.05) is 13.2 Å². The van der Waals surface area contributed by atoms with Crippen LogP contribution >= 0.6 is 9.47 Å². The molecule has 2 atom stereocenters. The van der Waals surface area contributed by atoms with Gasteiger partial charge in [-0.25, -0.2) is 0 Å². The van der Waals surface area contributed by atoms with Gasteiger partial charge in [0.05, 0.1) is 12.0 Å². The van der Waals surface area contributed by atoms with Gasteiger partial charge in [0.2, 0.25) is 0 Å². The van der Waals surface area contributed by atoms with E-state index in [-0.39, 0.29) is 25.2 Å². The molecule has 2 unspecified atom stereocenters. The molecule has 1 heterocycles. The summed E-state index contributed by atoms with van der Waals surface area (Å²) in [7, 11) is 2.11. The number of hydrogen-bond acceptors (Lipinski definition) is 5. The van der Waals surface area contributed by atoms with Gasteiger partial charge in [-0.05, 0) is 20.8 Å². The van der Waals surface area contributed by atoms with Gasteiger partial charge in [-0.2, -0.15) is 0 Å². The van der Waals surface area contributed by atoms with E-state index in [4.69, 9.17) is 14.0 Å². The van der Waals surface area contributed by atoms with Gasteiger partial charge in [-0.3, -0.25) is 9.59 Å². The molecule has 0 amide bonds. The highest BCUT2D eigenvalue weighted by Crippen LogP contribution is 2.29. The van der Waals surface area contributed by atoms with E-state index in [2.05, 4.69) is 9.47 Å². The monoisotopic (exact) mass is 262 g/mol. The lowest BCUT2D eigenvalue weighted by molar-refractivity contribution is -0.170. The molecule has 17 heavy (non-hydrogen) atoms. The van der Waals surface area contributed by atoms with Gasteiger partial charge in [0.25, 0.3) is 0 Å². The minimum atomic E-state index is -0.820. The predicted octanol–water partition coefficient (Wildman–Crippen LogP) is 1.46. The largest absolute Gasteiger partial charge is 0.461 e. The Morgan fingerprint density at radius 2 is 2.12 bits per heavy atom. The average molecular weight is 262 g/mol. The Morgan fingerprint density at radius 1 is 1.47 bits per heavy atom.